The molecule has 7 nitrogen and oxygen atoms in total. The van der Waals surface area contributed by atoms with Gasteiger partial charge in [-0.25, -0.2) is 0 Å². The molecule has 0 N–H and O–H groups in total. The predicted octanol–water partition coefficient (Wildman–Crippen LogP) is 1.39. The van der Waals surface area contributed by atoms with E-state index < -0.39 is 5.41 Å². The largest absolute Gasteiger partial charge is 0.468 e. The van der Waals surface area contributed by atoms with Crippen LogP contribution in [0.4, 0.5) is 0 Å². The van der Waals surface area contributed by atoms with E-state index in [2.05, 4.69) is 0 Å². The second kappa shape index (κ2) is 6.84. The van der Waals surface area contributed by atoms with Crippen molar-refractivity contribution in [3.8, 4) is 5.95 Å². The molecule has 2 fully saturated rings. The van der Waals surface area contributed by atoms with Crippen LogP contribution in [0, 0.1) is 5.41 Å². The first-order valence-corrected chi connectivity index (χ1v) is 8.31. The molecule has 2 aliphatic heterocycles. The Bertz CT molecular complexity index is 614. The van der Waals surface area contributed by atoms with Gasteiger partial charge in [0, 0.05) is 39.4 Å². The average Bonchev–Trinajstić information content (AvgIpc) is 3.24. The van der Waals surface area contributed by atoms with Gasteiger partial charge >= 0.3 is 0 Å². The first-order valence-electron chi connectivity index (χ1n) is 8.31. The van der Waals surface area contributed by atoms with Gasteiger partial charge in [0.1, 0.15) is 0 Å². The van der Waals surface area contributed by atoms with Crippen LogP contribution in [0.1, 0.15) is 29.8 Å². The van der Waals surface area contributed by atoms with Crippen LogP contribution in [0.25, 0.3) is 0 Å². The summed E-state index contributed by atoms with van der Waals surface area (Å²) in [5.41, 5.74) is -0.446. The molecule has 3 rings (SSSR count). The third kappa shape index (κ3) is 3.00. The minimum atomic E-state index is -0.446. The molecule has 1 aromatic rings. The van der Waals surface area contributed by atoms with Crippen molar-refractivity contribution in [3.05, 3.63) is 17.9 Å². The molecular weight excluding hydrogens is 312 g/mol. The van der Waals surface area contributed by atoms with Gasteiger partial charge in [-0.15, -0.1) is 0 Å². The van der Waals surface area contributed by atoms with Crippen LogP contribution >= 0.6 is 0 Å². The molecule has 132 valence electrons. The quantitative estimate of drug-likeness (QED) is 0.812. The summed E-state index contributed by atoms with van der Waals surface area (Å²) in [6, 6.07) is 3.23. The molecule has 1 aromatic heterocycles. The van der Waals surface area contributed by atoms with E-state index in [1.54, 1.807) is 24.1 Å². The van der Waals surface area contributed by atoms with Crippen molar-refractivity contribution >= 4 is 11.8 Å². The van der Waals surface area contributed by atoms with Gasteiger partial charge in [-0.05, 0) is 25.3 Å². The van der Waals surface area contributed by atoms with Gasteiger partial charge in [-0.2, -0.15) is 0 Å². The zero-order valence-corrected chi connectivity index (χ0v) is 14.2. The Morgan fingerprint density at radius 2 is 2.12 bits per heavy atom. The maximum absolute atomic E-state index is 12.9. The van der Waals surface area contributed by atoms with Gasteiger partial charge in [-0.1, -0.05) is 0 Å². The summed E-state index contributed by atoms with van der Waals surface area (Å²) in [7, 11) is 3.13. The van der Waals surface area contributed by atoms with Gasteiger partial charge in [0.25, 0.3) is 11.9 Å². The van der Waals surface area contributed by atoms with Crippen LogP contribution in [0.5, 0.6) is 5.95 Å². The maximum Gasteiger partial charge on any atom is 0.289 e. The van der Waals surface area contributed by atoms with Crippen molar-refractivity contribution in [1.82, 2.24) is 9.80 Å². The number of nitrogens with zero attached hydrogens (tertiary/aromatic N) is 2. The molecule has 1 atom stereocenters. The Kier molecular flexibility index (Phi) is 4.80. The number of methoxy groups -OCH3 is 2. The highest BCUT2D eigenvalue weighted by Gasteiger charge is 2.49. The third-order valence-electron chi connectivity index (χ3n) is 5.02. The fraction of sp³-hybridized carbons (Fsp3) is 0.647. The molecule has 0 saturated carbocycles. The first kappa shape index (κ1) is 16.8. The third-order valence-corrected chi connectivity index (χ3v) is 5.02. The fourth-order valence-electron chi connectivity index (χ4n) is 3.69. The van der Waals surface area contributed by atoms with Crippen LogP contribution in [0.15, 0.2) is 16.5 Å². The molecule has 24 heavy (non-hydrogen) atoms. The monoisotopic (exact) mass is 336 g/mol. The second-order valence-corrected chi connectivity index (χ2v) is 6.47. The Labute approximate surface area is 141 Å². The smallest absolute Gasteiger partial charge is 0.289 e. The Balaban J connectivity index is 1.69. The van der Waals surface area contributed by atoms with Crippen LogP contribution in [-0.4, -0.2) is 68.6 Å². The number of amides is 2. The number of carbonyl (C=O) groups is 2. The number of likely N-dealkylation sites (tertiary alicyclic amines) is 2. The molecule has 0 aromatic carbocycles. The number of piperidine rings is 1. The lowest BCUT2D eigenvalue weighted by atomic mass is 9.78. The van der Waals surface area contributed by atoms with E-state index in [1.807, 2.05) is 4.90 Å². The Morgan fingerprint density at radius 1 is 1.29 bits per heavy atom. The normalized spacial score (nSPS) is 24.0. The van der Waals surface area contributed by atoms with Gasteiger partial charge in [-0.3, -0.25) is 9.59 Å². The average molecular weight is 336 g/mol. The van der Waals surface area contributed by atoms with Gasteiger partial charge in [0.2, 0.25) is 5.91 Å². The molecule has 7 heteroatoms. The van der Waals surface area contributed by atoms with Crippen LogP contribution in [0.2, 0.25) is 0 Å². The van der Waals surface area contributed by atoms with Crippen molar-refractivity contribution in [2.75, 3.05) is 47.0 Å². The van der Waals surface area contributed by atoms with Crippen LogP contribution in [-0.2, 0) is 9.53 Å². The maximum atomic E-state index is 12.9. The number of furan rings is 1. The lowest BCUT2D eigenvalue weighted by Crippen LogP contribution is -2.51. The minimum Gasteiger partial charge on any atom is -0.468 e. The zero-order valence-electron chi connectivity index (χ0n) is 14.2. The topological polar surface area (TPSA) is 72.2 Å². The van der Waals surface area contributed by atoms with Crippen molar-refractivity contribution < 1.29 is 23.5 Å². The zero-order chi connectivity index (χ0) is 17.2. The first-order chi connectivity index (χ1) is 11.6. The minimum absolute atomic E-state index is 0.151. The Hall–Kier alpha value is -2.02. The number of ether oxygens (including phenoxy) is 2. The number of hydrogen-bond acceptors (Lipinski definition) is 5. The second-order valence-electron chi connectivity index (χ2n) is 6.47. The fourth-order valence-corrected chi connectivity index (χ4v) is 3.69. The molecule has 2 amide bonds. The SMILES string of the molecule is COCCN1CCC[C@]2(CCN(C(=O)c3ccc(OC)o3)C2)C1=O. The van der Waals surface area contributed by atoms with E-state index >= 15 is 0 Å². The summed E-state index contributed by atoms with van der Waals surface area (Å²) in [6.07, 6.45) is 2.51. The van der Waals surface area contributed by atoms with Crippen molar-refractivity contribution in [1.29, 1.82) is 0 Å². The summed E-state index contributed by atoms with van der Waals surface area (Å²) in [5, 5.41) is 0. The Morgan fingerprint density at radius 3 is 2.83 bits per heavy atom. The molecule has 0 radical (unpaired) electrons. The van der Waals surface area contributed by atoms with E-state index in [0.29, 0.717) is 38.6 Å². The summed E-state index contributed by atoms with van der Waals surface area (Å²) < 4.78 is 15.4. The van der Waals surface area contributed by atoms with E-state index in [0.717, 1.165) is 19.4 Å². The number of carbonyl (C=O) groups excluding carboxylic acids is 2. The van der Waals surface area contributed by atoms with E-state index in [4.69, 9.17) is 13.9 Å². The van der Waals surface area contributed by atoms with Crippen molar-refractivity contribution in [2.24, 2.45) is 5.41 Å². The van der Waals surface area contributed by atoms with Crippen LogP contribution in [0.3, 0.4) is 0 Å². The van der Waals surface area contributed by atoms with E-state index in [9.17, 15) is 9.59 Å². The summed E-state index contributed by atoms with van der Waals surface area (Å²) in [5.74, 6) is 0.533. The van der Waals surface area contributed by atoms with Gasteiger partial charge in [0.15, 0.2) is 5.76 Å². The van der Waals surface area contributed by atoms with Gasteiger partial charge in [0.05, 0.1) is 19.1 Å². The number of hydrogen-bond donors (Lipinski definition) is 0. The molecule has 3 heterocycles. The molecule has 2 aliphatic rings. The lowest BCUT2D eigenvalue weighted by Gasteiger charge is -2.39. The molecule has 2 saturated heterocycles. The lowest BCUT2D eigenvalue weighted by molar-refractivity contribution is -0.146. The van der Waals surface area contributed by atoms with Crippen molar-refractivity contribution in [2.45, 2.75) is 19.3 Å². The summed E-state index contributed by atoms with van der Waals surface area (Å²) in [6.45, 7) is 2.95. The molecule has 0 unspecified atom stereocenters. The van der Waals surface area contributed by atoms with E-state index in [-0.39, 0.29) is 17.6 Å². The summed E-state index contributed by atoms with van der Waals surface area (Å²) in [4.78, 5) is 29.1. The molecule has 0 bridgehead atoms. The standard InChI is InChI=1S/C17H24N2O5/c1-22-11-10-18-8-3-6-17(16(18)21)7-9-19(12-17)15(20)13-4-5-14(23-2)24-13/h4-5H,3,6-12H2,1-2H3/t17-/m1/s1. The molecular formula is C17H24N2O5. The highest BCUT2D eigenvalue weighted by molar-refractivity contribution is 5.93. The highest BCUT2D eigenvalue weighted by Crippen LogP contribution is 2.40. The van der Waals surface area contributed by atoms with E-state index in [1.165, 1.54) is 7.11 Å². The molecule has 0 aliphatic carbocycles. The number of rotatable bonds is 5. The highest BCUT2D eigenvalue weighted by atomic mass is 16.6. The van der Waals surface area contributed by atoms with Crippen LogP contribution < -0.4 is 4.74 Å². The van der Waals surface area contributed by atoms with Crippen molar-refractivity contribution in [3.63, 3.8) is 0 Å². The predicted molar refractivity (Wildman–Crippen MR) is 85.9 cm³/mol. The molecule has 1 spiro atoms. The van der Waals surface area contributed by atoms with Gasteiger partial charge < -0.3 is 23.7 Å². The summed E-state index contributed by atoms with van der Waals surface area (Å²) >= 11 is 0.